The molecule has 25 heavy (non-hydrogen) atoms. The molecular formula is C21H21NO3. The molecule has 0 bridgehead atoms. The summed E-state index contributed by atoms with van der Waals surface area (Å²) in [5.41, 5.74) is 1.60. The highest BCUT2D eigenvalue weighted by Gasteiger charge is 2.17. The molecule has 3 aromatic rings. The fourth-order valence-electron chi connectivity index (χ4n) is 3.02. The van der Waals surface area contributed by atoms with Crippen molar-refractivity contribution in [3.63, 3.8) is 0 Å². The van der Waals surface area contributed by atoms with E-state index in [-0.39, 0.29) is 5.91 Å². The molecule has 3 rings (SSSR count). The van der Waals surface area contributed by atoms with Gasteiger partial charge in [0, 0.05) is 24.7 Å². The quantitative estimate of drug-likeness (QED) is 0.704. The van der Waals surface area contributed by atoms with Crippen molar-refractivity contribution < 1.29 is 14.3 Å². The second kappa shape index (κ2) is 7.26. The number of methoxy groups -OCH3 is 2. The predicted molar refractivity (Wildman–Crippen MR) is 99.3 cm³/mol. The van der Waals surface area contributed by atoms with E-state index in [1.165, 1.54) is 0 Å². The van der Waals surface area contributed by atoms with Crippen molar-refractivity contribution >= 4 is 16.7 Å². The van der Waals surface area contributed by atoms with Gasteiger partial charge in [0.25, 0.3) is 5.91 Å². The predicted octanol–water partition coefficient (Wildman–Crippen LogP) is 4.13. The SMILES string of the molecule is COc1cccc(CN(C)C(=O)c2cccc3ccccc23)c1OC. The largest absolute Gasteiger partial charge is 0.493 e. The van der Waals surface area contributed by atoms with Gasteiger partial charge in [0.2, 0.25) is 0 Å². The molecule has 128 valence electrons. The van der Waals surface area contributed by atoms with Gasteiger partial charge in [-0.3, -0.25) is 4.79 Å². The number of rotatable bonds is 5. The summed E-state index contributed by atoms with van der Waals surface area (Å²) in [6.45, 7) is 0.433. The van der Waals surface area contributed by atoms with Crippen molar-refractivity contribution in [1.29, 1.82) is 0 Å². The van der Waals surface area contributed by atoms with E-state index in [2.05, 4.69) is 0 Å². The number of amides is 1. The van der Waals surface area contributed by atoms with E-state index in [0.29, 0.717) is 23.6 Å². The molecule has 1 amide bonds. The summed E-state index contributed by atoms with van der Waals surface area (Å²) in [4.78, 5) is 14.7. The Bertz CT molecular complexity index is 899. The Morgan fingerprint density at radius 1 is 0.920 bits per heavy atom. The highest BCUT2D eigenvalue weighted by molar-refractivity contribution is 6.06. The van der Waals surface area contributed by atoms with Gasteiger partial charge < -0.3 is 14.4 Å². The molecule has 0 aromatic heterocycles. The molecule has 0 N–H and O–H groups in total. The lowest BCUT2D eigenvalue weighted by Crippen LogP contribution is -2.26. The van der Waals surface area contributed by atoms with Crippen LogP contribution in [0.1, 0.15) is 15.9 Å². The number of carbonyl (C=O) groups is 1. The van der Waals surface area contributed by atoms with Crippen LogP contribution in [0.4, 0.5) is 0 Å². The third-order valence-corrected chi connectivity index (χ3v) is 4.26. The van der Waals surface area contributed by atoms with Crippen LogP contribution in [0.2, 0.25) is 0 Å². The monoisotopic (exact) mass is 335 g/mol. The van der Waals surface area contributed by atoms with Crippen molar-refractivity contribution in [2.45, 2.75) is 6.54 Å². The van der Waals surface area contributed by atoms with Crippen LogP contribution in [-0.2, 0) is 6.54 Å². The van der Waals surface area contributed by atoms with Gasteiger partial charge >= 0.3 is 0 Å². The van der Waals surface area contributed by atoms with E-state index in [1.54, 1.807) is 26.2 Å². The first-order valence-corrected chi connectivity index (χ1v) is 8.08. The molecule has 0 aliphatic rings. The first-order chi connectivity index (χ1) is 12.2. The number of fused-ring (bicyclic) bond motifs is 1. The lowest BCUT2D eigenvalue weighted by Gasteiger charge is -2.20. The zero-order chi connectivity index (χ0) is 17.8. The average molecular weight is 335 g/mol. The third-order valence-electron chi connectivity index (χ3n) is 4.26. The zero-order valence-corrected chi connectivity index (χ0v) is 14.7. The minimum atomic E-state index is -0.0262. The van der Waals surface area contributed by atoms with Crippen LogP contribution in [0.15, 0.2) is 60.7 Å². The Labute approximate surface area is 147 Å². The van der Waals surface area contributed by atoms with Crippen LogP contribution >= 0.6 is 0 Å². The van der Waals surface area contributed by atoms with Crippen LogP contribution in [0, 0.1) is 0 Å². The maximum absolute atomic E-state index is 13.0. The number of benzene rings is 3. The van der Waals surface area contributed by atoms with E-state index in [9.17, 15) is 4.79 Å². The van der Waals surface area contributed by atoms with E-state index >= 15 is 0 Å². The molecule has 3 aromatic carbocycles. The molecule has 4 heteroatoms. The van der Waals surface area contributed by atoms with E-state index in [4.69, 9.17) is 9.47 Å². The van der Waals surface area contributed by atoms with Gasteiger partial charge in [-0.2, -0.15) is 0 Å². The minimum absolute atomic E-state index is 0.0262. The fraction of sp³-hybridized carbons (Fsp3) is 0.190. The van der Waals surface area contributed by atoms with E-state index in [1.807, 2.05) is 60.7 Å². The van der Waals surface area contributed by atoms with Crippen LogP contribution in [0.3, 0.4) is 0 Å². The Balaban J connectivity index is 1.91. The number of carbonyl (C=O) groups excluding carboxylic acids is 1. The van der Waals surface area contributed by atoms with Crippen molar-refractivity contribution in [3.05, 3.63) is 71.8 Å². The molecule has 0 radical (unpaired) electrons. The molecule has 0 heterocycles. The summed E-state index contributed by atoms with van der Waals surface area (Å²) in [5.74, 6) is 1.29. The average Bonchev–Trinajstić information content (AvgIpc) is 2.66. The van der Waals surface area contributed by atoms with Crippen LogP contribution in [0.25, 0.3) is 10.8 Å². The Kier molecular flexibility index (Phi) is 4.89. The van der Waals surface area contributed by atoms with Crippen LogP contribution in [-0.4, -0.2) is 32.1 Å². The van der Waals surface area contributed by atoms with Gasteiger partial charge in [-0.1, -0.05) is 48.5 Å². The van der Waals surface area contributed by atoms with Crippen molar-refractivity contribution in [2.24, 2.45) is 0 Å². The Morgan fingerprint density at radius 3 is 2.40 bits per heavy atom. The summed E-state index contributed by atoms with van der Waals surface area (Å²) in [6.07, 6.45) is 0. The Morgan fingerprint density at radius 2 is 1.64 bits per heavy atom. The first-order valence-electron chi connectivity index (χ1n) is 8.08. The molecule has 0 saturated heterocycles. The van der Waals surface area contributed by atoms with Gasteiger partial charge in [0.1, 0.15) is 0 Å². The molecule has 0 fully saturated rings. The maximum Gasteiger partial charge on any atom is 0.254 e. The highest BCUT2D eigenvalue weighted by atomic mass is 16.5. The lowest BCUT2D eigenvalue weighted by molar-refractivity contribution is 0.0786. The van der Waals surface area contributed by atoms with Crippen molar-refractivity contribution in [1.82, 2.24) is 4.90 Å². The molecule has 4 nitrogen and oxygen atoms in total. The van der Waals surface area contributed by atoms with E-state index in [0.717, 1.165) is 16.3 Å². The van der Waals surface area contributed by atoms with Gasteiger partial charge in [-0.05, 0) is 22.9 Å². The molecular weight excluding hydrogens is 314 g/mol. The summed E-state index contributed by atoms with van der Waals surface area (Å²) in [5, 5.41) is 2.01. The molecule has 0 aliphatic carbocycles. The number of ether oxygens (including phenoxy) is 2. The van der Waals surface area contributed by atoms with Crippen LogP contribution < -0.4 is 9.47 Å². The summed E-state index contributed by atoms with van der Waals surface area (Å²) < 4.78 is 10.8. The number of hydrogen-bond acceptors (Lipinski definition) is 3. The number of hydrogen-bond donors (Lipinski definition) is 0. The van der Waals surface area contributed by atoms with Crippen LogP contribution in [0.5, 0.6) is 11.5 Å². The second-order valence-electron chi connectivity index (χ2n) is 5.84. The molecule has 0 saturated carbocycles. The minimum Gasteiger partial charge on any atom is -0.493 e. The van der Waals surface area contributed by atoms with Gasteiger partial charge in [-0.15, -0.1) is 0 Å². The van der Waals surface area contributed by atoms with Gasteiger partial charge in [0.15, 0.2) is 11.5 Å². The number of para-hydroxylation sites is 1. The maximum atomic E-state index is 13.0. The van der Waals surface area contributed by atoms with Gasteiger partial charge in [-0.25, -0.2) is 0 Å². The topological polar surface area (TPSA) is 38.8 Å². The zero-order valence-electron chi connectivity index (χ0n) is 14.7. The summed E-state index contributed by atoms with van der Waals surface area (Å²) >= 11 is 0. The van der Waals surface area contributed by atoms with Crippen molar-refractivity contribution in [3.8, 4) is 11.5 Å². The molecule has 0 aliphatic heterocycles. The highest BCUT2D eigenvalue weighted by Crippen LogP contribution is 2.31. The van der Waals surface area contributed by atoms with Gasteiger partial charge in [0.05, 0.1) is 14.2 Å². The molecule has 0 unspecified atom stereocenters. The number of nitrogens with zero attached hydrogens (tertiary/aromatic N) is 1. The van der Waals surface area contributed by atoms with Crippen molar-refractivity contribution in [2.75, 3.05) is 21.3 Å². The summed E-state index contributed by atoms with van der Waals surface area (Å²) in [6, 6.07) is 19.4. The Hall–Kier alpha value is -3.01. The smallest absolute Gasteiger partial charge is 0.254 e. The van der Waals surface area contributed by atoms with E-state index < -0.39 is 0 Å². The first kappa shape index (κ1) is 16.8. The third kappa shape index (κ3) is 3.29. The fourth-order valence-corrected chi connectivity index (χ4v) is 3.02. The standard InChI is InChI=1S/C21H21NO3/c1-22(14-16-10-7-13-19(24-2)20(16)25-3)21(23)18-12-6-9-15-8-4-5-11-17(15)18/h4-13H,14H2,1-3H3. The lowest BCUT2D eigenvalue weighted by atomic mass is 10.0. The summed E-state index contributed by atoms with van der Waals surface area (Å²) in [7, 11) is 5.00. The second-order valence-corrected chi connectivity index (χ2v) is 5.84. The normalized spacial score (nSPS) is 10.5. The molecule has 0 atom stereocenters. The molecule has 0 spiro atoms.